The first-order chi connectivity index (χ1) is 8.60. The van der Waals surface area contributed by atoms with Gasteiger partial charge < -0.3 is 14.8 Å². The van der Waals surface area contributed by atoms with E-state index in [2.05, 4.69) is 10.1 Å². The van der Waals surface area contributed by atoms with Crippen molar-refractivity contribution in [1.82, 2.24) is 5.32 Å². The summed E-state index contributed by atoms with van der Waals surface area (Å²) < 4.78 is 23.4. The first-order valence-corrected chi connectivity index (χ1v) is 5.91. The number of methoxy groups -OCH3 is 1. The third kappa shape index (κ3) is 2.91. The molecule has 1 aromatic carbocycles. The Hall–Kier alpha value is -1.33. The van der Waals surface area contributed by atoms with Gasteiger partial charge in [-0.05, 0) is 12.1 Å². The van der Waals surface area contributed by atoms with Crippen molar-refractivity contribution in [3.8, 4) is 5.75 Å². The maximum atomic E-state index is 13.2. The summed E-state index contributed by atoms with van der Waals surface area (Å²) in [6.07, 6.45) is 0.311. The van der Waals surface area contributed by atoms with Crippen molar-refractivity contribution in [2.75, 3.05) is 13.7 Å². The van der Waals surface area contributed by atoms with E-state index in [1.165, 1.54) is 19.2 Å². The van der Waals surface area contributed by atoms with Crippen LogP contribution in [-0.4, -0.2) is 31.8 Å². The molecule has 1 aromatic rings. The highest BCUT2D eigenvalue weighted by molar-refractivity contribution is 6.30. The van der Waals surface area contributed by atoms with Gasteiger partial charge in [0.1, 0.15) is 23.7 Å². The second-order valence-electron chi connectivity index (χ2n) is 4.04. The van der Waals surface area contributed by atoms with E-state index in [0.29, 0.717) is 18.7 Å². The summed E-state index contributed by atoms with van der Waals surface area (Å²) in [4.78, 5) is 11.3. The predicted molar refractivity (Wildman–Crippen MR) is 64.2 cm³/mol. The number of hydrogen-bond donors (Lipinski definition) is 1. The maximum Gasteiger partial charge on any atom is 0.323 e. The second kappa shape index (κ2) is 5.54. The third-order valence-corrected chi connectivity index (χ3v) is 3.08. The smallest absolute Gasteiger partial charge is 0.323 e. The number of hydrogen-bond acceptors (Lipinski definition) is 4. The molecule has 6 heteroatoms. The molecule has 0 aliphatic carbocycles. The van der Waals surface area contributed by atoms with Crippen molar-refractivity contribution in [2.45, 2.75) is 18.6 Å². The largest absolute Gasteiger partial charge is 0.489 e. The molecule has 0 aromatic heterocycles. The third-order valence-electron chi connectivity index (χ3n) is 2.77. The normalized spacial score (nSPS) is 22.8. The lowest BCUT2D eigenvalue weighted by molar-refractivity contribution is -0.142. The average molecular weight is 274 g/mol. The zero-order valence-electron chi connectivity index (χ0n) is 9.78. The molecule has 0 saturated carbocycles. The van der Waals surface area contributed by atoms with E-state index in [9.17, 15) is 9.18 Å². The van der Waals surface area contributed by atoms with Crippen molar-refractivity contribution < 1.29 is 18.7 Å². The summed E-state index contributed by atoms with van der Waals surface area (Å²) >= 11 is 5.58. The molecule has 0 amide bonds. The molecule has 2 rings (SSSR count). The van der Waals surface area contributed by atoms with Crippen LogP contribution in [0.1, 0.15) is 6.42 Å². The van der Waals surface area contributed by atoms with Gasteiger partial charge in [-0.2, -0.15) is 0 Å². The molecule has 1 saturated heterocycles. The van der Waals surface area contributed by atoms with Crippen LogP contribution in [0.15, 0.2) is 18.2 Å². The standard InChI is InChI=1S/C12H13ClFNO3/c1-17-12(16)11-5-8(6-15-11)18-7-2-3-9(13)10(14)4-7/h2-4,8,11,15H,5-6H2,1H3. The summed E-state index contributed by atoms with van der Waals surface area (Å²) in [7, 11) is 1.34. The fourth-order valence-electron chi connectivity index (χ4n) is 1.86. The molecule has 1 fully saturated rings. The predicted octanol–water partition coefficient (Wildman–Crippen LogP) is 1.76. The number of ether oxygens (including phenoxy) is 2. The molecule has 1 aliphatic rings. The Morgan fingerprint density at radius 1 is 1.56 bits per heavy atom. The Morgan fingerprint density at radius 2 is 2.33 bits per heavy atom. The molecular formula is C12H13ClFNO3. The average Bonchev–Trinajstić information content (AvgIpc) is 2.81. The number of benzene rings is 1. The Kier molecular flexibility index (Phi) is 4.04. The van der Waals surface area contributed by atoms with Crippen LogP contribution in [0.25, 0.3) is 0 Å². The maximum absolute atomic E-state index is 13.2. The fourth-order valence-corrected chi connectivity index (χ4v) is 1.98. The van der Waals surface area contributed by atoms with E-state index in [-0.39, 0.29) is 23.1 Å². The van der Waals surface area contributed by atoms with Gasteiger partial charge in [0.2, 0.25) is 0 Å². The highest BCUT2D eigenvalue weighted by Crippen LogP contribution is 2.23. The molecule has 2 unspecified atom stereocenters. The molecule has 98 valence electrons. The summed E-state index contributed by atoms with van der Waals surface area (Å²) in [5.74, 6) is -0.442. The molecule has 2 atom stereocenters. The van der Waals surface area contributed by atoms with Crippen LogP contribution in [0.5, 0.6) is 5.75 Å². The van der Waals surface area contributed by atoms with E-state index < -0.39 is 5.82 Å². The Labute approximate surface area is 109 Å². The number of esters is 1. The minimum atomic E-state index is -0.523. The Balaban J connectivity index is 1.95. The van der Waals surface area contributed by atoms with Crippen molar-refractivity contribution >= 4 is 17.6 Å². The molecule has 1 N–H and O–H groups in total. The number of carbonyl (C=O) groups is 1. The lowest BCUT2D eigenvalue weighted by Gasteiger charge is -2.13. The molecule has 0 spiro atoms. The number of rotatable bonds is 3. The first kappa shape index (κ1) is 13.1. The first-order valence-electron chi connectivity index (χ1n) is 5.53. The molecular weight excluding hydrogens is 261 g/mol. The van der Waals surface area contributed by atoms with Crippen LogP contribution < -0.4 is 10.1 Å². The highest BCUT2D eigenvalue weighted by Gasteiger charge is 2.31. The monoisotopic (exact) mass is 273 g/mol. The molecule has 0 bridgehead atoms. The van der Waals surface area contributed by atoms with Crippen molar-refractivity contribution in [1.29, 1.82) is 0 Å². The van der Waals surface area contributed by atoms with Gasteiger partial charge in [-0.1, -0.05) is 11.6 Å². The van der Waals surface area contributed by atoms with Crippen LogP contribution in [0, 0.1) is 5.82 Å². The van der Waals surface area contributed by atoms with Gasteiger partial charge >= 0.3 is 5.97 Å². The zero-order chi connectivity index (χ0) is 13.1. The van der Waals surface area contributed by atoms with E-state index >= 15 is 0 Å². The van der Waals surface area contributed by atoms with Crippen LogP contribution in [-0.2, 0) is 9.53 Å². The molecule has 18 heavy (non-hydrogen) atoms. The van der Waals surface area contributed by atoms with E-state index in [1.807, 2.05) is 0 Å². The topological polar surface area (TPSA) is 47.6 Å². The van der Waals surface area contributed by atoms with E-state index in [4.69, 9.17) is 16.3 Å². The summed E-state index contributed by atoms with van der Waals surface area (Å²) in [6, 6.07) is 3.90. The highest BCUT2D eigenvalue weighted by atomic mass is 35.5. The lowest BCUT2D eigenvalue weighted by Crippen LogP contribution is -2.31. The Bertz CT molecular complexity index is 455. The Morgan fingerprint density at radius 3 is 3.00 bits per heavy atom. The van der Waals surface area contributed by atoms with Gasteiger partial charge in [0, 0.05) is 19.0 Å². The quantitative estimate of drug-likeness (QED) is 0.853. The van der Waals surface area contributed by atoms with Crippen LogP contribution in [0.3, 0.4) is 0 Å². The van der Waals surface area contributed by atoms with Gasteiger partial charge in [-0.15, -0.1) is 0 Å². The van der Waals surface area contributed by atoms with Gasteiger partial charge in [-0.25, -0.2) is 4.39 Å². The van der Waals surface area contributed by atoms with E-state index in [0.717, 1.165) is 0 Å². The fraction of sp³-hybridized carbons (Fsp3) is 0.417. The van der Waals surface area contributed by atoms with Gasteiger partial charge in [-0.3, -0.25) is 4.79 Å². The van der Waals surface area contributed by atoms with Crippen molar-refractivity contribution in [3.05, 3.63) is 29.0 Å². The zero-order valence-corrected chi connectivity index (χ0v) is 10.5. The summed E-state index contributed by atoms with van der Waals surface area (Å²) in [6.45, 7) is 0.518. The van der Waals surface area contributed by atoms with E-state index in [1.54, 1.807) is 6.07 Å². The van der Waals surface area contributed by atoms with Gasteiger partial charge in [0.05, 0.1) is 12.1 Å². The van der Waals surface area contributed by atoms with Crippen LogP contribution in [0.2, 0.25) is 5.02 Å². The minimum Gasteiger partial charge on any atom is -0.489 e. The second-order valence-corrected chi connectivity index (χ2v) is 4.44. The van der Waals surface area contributed by atoms with Gasteiger partial charge in [0.25, 0.3) is 0 Å². The minimum absolute atomic E-state index is 0.0549. The van der Waals surface area contributed by atoms with Crippen LogP contribution >= 0.6 is 11.6 Å². The van der Waals surface area contributed by atoms with Crippen molar-refractivity contribution in [2.24, 2.45) is 0 Å². The number of carbonyl (C=O) groups excluding carboxylic acids is 1. The molecule has 4 nitrogen and oxygen atoms in total. The van der Waals surface area contributed by atoms with Gasteiger partial charge in [0.15, 0.2) is 0 Å². The number of nitrogens with one attached hydrogen (secondary N) is 1. The van der Waals surface area contributed by atoms with Crippen LogP contribution in [0.4, 0.5) is 4.39 Å². The number of halogens is 2. The summed E-state index contributed by atoms with van der Waals surface area (Å²) in [5.41, 5.74) is 0. The molecule has 0 radical (unpaired) electrons. The molecule has 1 heterocycles. The summed E-state index contributed by atoms with van der Waals surface area (Å²) in [5, 5.41) is 3.04. The SMILES string of the molecule is COC(=O)C1CC(Oc2ccc(Cl)c(F)c2)CN1. The van der Waals surface area contributed by atoms with Crippen molar-refractivity contribution in [3.63, 3.8) is 0 Å². The lowest BCUT2D eigenvalue weighted by atomic mass is 10.2. The molecule has 1 aliphatic heterocycles.